The Morgan fingerprint density at radius 1 is 0.657 bits per heavy atom. The molecular weight excluding hydrogens is 428 g/mol. The Kier molecular flexibility index (Phi) is 3.47. The second kappa shape index (κ2) is 6.39. The molecule has 0 fully saturated rings. The molecule has 0 radical (unpaired) electrons. The topological polar surface area (TPSA) is 31.0 Å². The summed E-state index contributed by atoms with van der Waals surface area (Å²) < 4.78 is 8.40. The minimum Gasteiger partial charge on any atom is -0.423 e. The summed E-state index contributed by atoms with van der Waals surface area (Å²) in [5.41, 5.74) is 9.33. The number of fused-ring (bicyclic) bond motifs is 8. The number of nitrogens with zero attached hydrogens (tertiary/aromatic N) is 2. The van der Waals surface area contributed by atoms with E-state index in [9.17, 15) is 0 Å². The number of oxazole rings is 1. The molecular formula is C32H22N2O. The maximum atomic E-state index is 6.24. The number of hydrogen-bond donors (Lipinski definition) is 0. The first-order valence-electron chi connectivity index (χ1n) is 12.1. The van der Waals surface area contributed by atoms with Crippen LogP contribution in [0, 0.1) is 0 Å². The van der Waals surface area contributed by atoms with Crippen LogP contribution in [0.25, 0.3) is 60.8 Å². The molecule has 0 aliphatic heterocycles. The Bertz CT molecular complexity index is 1950. The van der Waals surface area contributed by atoms with Crippen molar-refractivity contribution < 1.29 is 4.42 Å². The van der Waals surface area contributed by atoms with Gasteiger partial charge in [0.05, 0.1) is 11.0 Å². The SMILES string of the molecule is CC1(C)c2ccccc2-c2cc3cc4c(cc3cc21)c1ccccc1n4-c1nc2ccccc2o1. The van der Waals surface area contributed by atoms with Crippen LogP contribution in [-0.2, 0) is 5.41 Å². The Morgan fingerprint density at radius 3 is 2.34 bits per heavy atom. The monoisotopic (exact) mass is 450 g/mol. The van der Waals surface area contributed by atoms with E-state index in [1.54, 1.807) is 0 Å². The zero-order valence-corrected chi connectivity index (χ0v) is 19.5. The zero-order chi connectivity index (χ0) is 23.3. The number of benzene rings is 5. The van der Waals surface area contributed by atoms with Gasteiger partial charge in [0, 0.05) is 16.2 Å². The fourth-order valence-electron chi connectivity index (χ4n) is 6.07. The van der Waals surface area contributed by atoms with E-state index in [4.69, 9.17) is 9.40 Å². The van der Waals surface area contributed by atoms with Gasteiger partial charge in [-0.3, -0.25) is 4.57 Å². The lowest BCUT2D eigenvalue weighted by molar-refractivity contribution is 0.574. The second-order valence-electron chi connectivity index (χ2n) is 10.1. The fraction of sp³-hybridized carbons (Fsp3) is 0.0938. The summed E-state index contributed by atoms with van der Waals surface area (Å²) in [5.74, 6) is 0. The van der Waals surface area contributed by atoms with Crippen LogP contribution in [0.3, 0.4) is 0 Å². The van der Waals surface area contributed by atoms with E-state index in [-0.39, 0.29) is 5.41 Å². The van der Waals surface area contributed by atoms with Crippen LogP contribution in [0.15, 0.2) is 101 Å². The highest BCUT2D eigenvalue weighted by molar-refractivity contribution is 6.14. The summed E-state index contributed by atoms with van der Waals surface area (Å²) >= 11 is 0. The fourth-order valence-corrected chi connectivity index (χ4v) is 6.07. The molecule has 0 saturated heterocycles. The summed E-state index contributed by atoms with van der Waals surface area (Å²) in [6, 6.07) is 35.3. The van der Waals surface area contributed by atoms with E-state index in [2.05, 4.69) is 91.2 Å². The van der Waals surface area contributed by atoms with Crippen molar-refractivity contribution in [2.45, 2.75) is 19.3 Å². The first kappa shape index (κ1) is 19.0. The molecule has 0 amide bonds. The van der Waals surface area contributed by atoms with Gasteiger partial charge in [0.25, 0.3) is 0 Å². The molecule has 0 spiro atoms. The van der Waals surface area contributed by atoms with Gasteiger partial charge in [0.1, 0.15) is 5.52 Å². The van der Waals surface area contributed by atoms with Crippen LogP contribution in [0.1, 0.15) is 25.0 Å². The van der Waals surface area contributed by atoms with Gasteiger partial charge in [-0.15, -0.1) is 0 Å². The minimum atomic E-state index is -0.0126. The smallest absolute Gasteiger partial charge is 0.307 e. The van der Waals surface area contributed by atoms with Crippen molar-refractivity contribution in [1.82, 2.24) is 9.55 Å². The van der Waals surface area contributed by atoms with Crippen LogP contribution >= 0.6 is 0 Å². The maximum Gasteiger partial charge on any atom is 0.307 e. The van der Waals surface area contributed by atoms with Crippen molar-refractivity contribution in [2.24, 2.45) is 0 Å². The minimum absolute atomic E-state index is 0.0126. The van der Waals surface area contributed by atoms with Crippen molar-refractivity contribution >= 4 is 43.7 Å². The van der Waals surface area contributed by atoms with E-state index in [0.29, 0.717) is 6.01 Å². The van der Waals surface area contributed by atoms with Crippen molar-refractivity contribution in [3.8, 4) is 17.1 Å². The molecule has 3 nitrogen and oxygen atoms in total. The van der Waals surface area contributed by atoms with Crippen LogP contribution in [0.2, 0.25) is 0 Å². The third-order valence-corrected chi connectivity index (χ3v) is 7.81. The predicted octanol–water partition coefficient (Wildman–Crippen LogP) is 8.38. The molecule has 0 saturated carbocycles. The Morgan fingerprint density at radius 2 is 1.43 bits per heavy atom. The molecule has 7 aromatic rings. The molecule has 0 N–H and O–H groups in total. The van der Waals surface area contributed by atoms with E-state index >= 15 is 0 Å². The summed E-state index contributed by atoms with van der Waals surface area (Å²) in [4.78, 5) is 4.84. The van der Waals surface area contributed by atoms with Gasteiger partial charge < -0.3 is 4.42 Å². The van der Waals surface area contributed by atoms with Gasteiger partial charge in [-0.2, -0.15) is 4.98 Å². The number of aromatic nitrogens is 2. The molecule has 35 heavy (non-hydrogen) atoms. The van der Waals surface area contributed by atoms with Crippen LogP contribution in [-0.4, -0.2) is 9.55 Å². The molecule has 1 aliphatic carbocycles. The molecule has 2 heterocycles. The van der Waals surface area contributed by atoms with Crippen molar-refractivity contribution in [3.05, 3.63) is 108 Å². The van der Waals surface area contributed by atoms with Gasteiger partial charge in [-0.25, -0.2) is 0 Å². The summed E-state index contributed by atoms with van der Waals surface area (Å²) in [6.07, 6.45) is 0. The van der Waals surface area contributed by atoms with Gasteiger partial charge in [0.2, 0.25) is 0 Å². The summed E-state index contributed by atoms with van der Waals surface area (Å²) in [6.45, 7) is 4.67. The van der Waals surface area contributed by atoms with Gasteiger partial charge in [-0.05, 0) is 75.5 Å². The quantitative estimate of drug-likeness (QED) is 0.251. The van der Waals surface area contributed by atoms with E-state index in [1.807, 2.05) is 24.3 Å². The molecule has 0 unspecified atom stereocenters. The molecule has 3 heteroatoms. The van der Waals surface area contributed by atoms with E-state index in [1.165, 1.54) is 43.8 Å². The third-order valence-electron chi connectivity index (χ3n) is 7.81. The van der Waals surface area contributed by atoms with Gasteiger partial charge in [-0.1, -0.05) is 68.4 Å². The van der Waals surface area contributed by atoms with E-state index in [0.717, 1.165) is 22.1 Å². The highest BCUT2D eigenvalue weighted by Gasteiger charge is 2.35. The average molecular weight is 451 g/mol. The lowest BCUT2D eigenvalue weighted by Crippen LogP contribution is -2.14. The molecule has 5 aromatic carbocycles. The third kappa shape index (κ3) is 2.42. The molecule has 0 bridgehead atoms. The van der Waals surface area contributed by atoms with Crippen LogP contribution in [0.4, 0.5) is 0 Å². The molecule has 166 valence electrons. The van der Waals surface area contributed by atoms with E-state index < -0.39 is 0 Å². The Balaban J connectivity index is 1.48. The molecule has 2 aromatic heterocycles. The maximum absolute atomic E-state index is 6.24. The summed E-state index contributed by atoms with van der Waals surface area (Å²) in [7, 11) is 0. The van der Waals surface area contributed by atoms with Gasteiger partial charge >= 0.3 is 6.01 Å². The standard InChI is InChI=1S/C32H22N2O/c1-32(2)25-11-5-3-9-21(25)23-15-20-18-29-24(16-19(20)17-26(23)32)22-10-4-7-13-28(22)34(29)31-33-27-12-6-8-14-30(27)35-31/h3-18H,1-2H3. The lowest BCUT2D eigenvalue weighted by Gasteiger charge is -2.21. The van der Waals surface area contributed by atoms with Crippen LogP contribution in [0.5, 0.6) is 0 Å². The molecule has 1 aliphatic rings. The predicted molar refractivity (Wildman–Crippen MR) is 143 cm³/mol. The van der Waals surface area contributed by atoms with Gasteiger partial charge in [0.15, 0.2) is 5.58 Å². The second-order valence-corrected chi connectivity index (χ2v) is 10.1. The highest BCUT2D eigenvalue weighted by atomic mass is 16.4. The largest absolute Gasteiger partial charge is 0.423 e. The lowest BCUT2D eigenvalue weighted by atomic mass is 9.82. The molecule has 8 rings (SSSR count). The first-order chi connectivity index (χ1) is 17.1. The number of para-hydroxylation sites is 3. The number of rotatable bonds is 1. The average Bonchev–Trinajstić information content (AvgIpc) is 3.51. The summed E-state index contributed by atoms with van der Waals surface area (Å²) in [5, 5.41) is 4.90. The first-order valence-corrected chi connectivity index (χ1v) is 12.1. The zero-order valence-electron chi connectivity index (χ0n) is 19.5. The molecule has 0 atom stereocenters. The Labute approximate surface area is 202 Å². The van der Waals surface area contributed by atoms with Crippen molar-refractivity contribution in [2.75, 3.05) is 0 Å². The van der Waals surface area contributed by atoms with Crippen LogP contribution < -0.4 is 0 Å². The normalized spacial score (nSPS) is 14.2. The highest BCUT2D eigenvalue weighted by Crippen LogP contribution is 2.50. The number of hydrogen-bond acceptors (Lipinski definition) is 2. The van der Waals surface area contributed by atoms with Crippen molar-refractivity contribution in [3.63, 3.8) is 0 Å². The Hall–Kier alpha value is -4.37. The van der Waals surface area contributed by atoms with Crippen molar-refractivity contribution in [1.29, 1.82) is 0 Å².